The minimum absolute atomic E-state index is 0.405. The molecule has 2 aliphatic carbocycles. The van der Waals surface area contributed by atoms with E-state index in [0.717, 1.165) is 92.1 Å². The summed E-state index contributed by atoms with van der Waals surface area (Å²) in [5, 5.41) is 21.9. The molecule has 0 N–H and O–H groups in total. The fourth-order valence-corrected chi connectivity index (χ4v) is 7.21. The van der Waals surface area contributed by atoms with Gasteiger partial charge in [0, 0.05) is 38.6 Å². The maximum Gasteiger partial charge on any atom is 0.164 e. The van der Waals surface area contributed by atoms with Crippen LogP contribution in [-0.2, 0) is 0 Å². The molecule has 2 heterocycles. The predicted molar refractivity (Wildman–Crippen MR) is 208 cm³/mol. The zero-order valence-electron chi connectivity index (χ0n) is 28.6. The zero-order valence-corrected chi connectivity index (χ0v) is 28.6. The fraction of sp³-hybridized carbons (Fsp3) is 0.0851. The third kappa shape index (κ3) is 5.78. The maximum absolute atomic E-state index is 10.1. The smallest absolute Gasteiger partial charge is 0.164 e. The molecule has 0 aliphatic heterocycles. The summed E-state index contributed by atoms with van der Waals surface area (Å²) in [6.07, 6.45) is 14.1. The minimum atomic E-state index is 0.405. The summed E-state index contributed by atoms with van der Waals surface area (Å²) in [6.45, 7) is 0. The molecule has 2 aromatic heterocycles. The maximum atomic E-state index is 10.1. The molecule has 0 saturated heterocycles. The van der Waals surface area contributed by atoms with E-state index in [0.29, 0.717) is 34.2 Å². The van der Waals surface area contributed by atoms with Crippen molar-refractivity contribution < 1.29 is 4.42 Å². The van der Waals surface area contributed by atoms with E-state index < -0.39 is 0 Å². The van der Waals surface area contributed by atoms with Crippen molar-refractivity contribution in [2.75, 3.05) is 0 Å². The molecule has 0 saturated carbocycles. The Bertz CT molecular complexity index is 2790. The number of nitriles is 2. The van der Waals surface area contributed by atoms with Crippen LogP contribution in [0.1, 0.15) is 42.6 Å². The van der Waals surface area contributed by atoms with Crippen LogP contribution in [0.4, 0.5) is 0 Å². The number of aromatic nitrogens is 3. The molecule has 0 radical (unpaired) electrons. The number of hydrogen-bond donors (Lipinski definition) is 0. The molecule has 0 unspecified atom stereocenters. The quantitative estimate of drug-likeness (QED) is 0.173. The second kappa shape index (κ2) is 13.4. The number of fused-ring (bicyclic) bond motifs is 3. The van der Waals surface area contributed by atoms with Gasteiger partial charge in [0.05, 0.1) is 11.6 Å². The molecule has 0 fully saturated rings. The van der Waals surface area contributed by atoms with Crippen molar-refractivity contribution in [1.29, 1.82) is 10.5 Å². The molecule has 0 spiro atoms. The summed E-state index contributed by atoms with van der Waals surface area (Å²) in [6, 6.07) is 42.7. The lowest BCUT2D eigenvalue weighted by Crippen LogP contribution is -2.03. The van der Waals surface area contributed by atoms with Gasteiger partial charge in [-0.15, -0.1) is 0 Å². The number of furan rings is 1. The topological polar surface area (TPSA) is 99.4 Å². The van der Waals surface area contributed by atoms with Crippen LogP contribution in [0.15, 0.2) is 137 Å². The average Bonchev–Trinajstić information content (AvgIpc) is 3.63. The molecule has 0 amide bonds. The Labute approximate surface area is 307 Å². The molecule has 7 aromatic rings. The molecule has 248 valence electrons. The lowest BCUT2D eigenvalue weighted by molar-refractivity contribution is 0.668. The van der Waals surface area contributed by atoms with Crippen molar-refractivity contribution in [3.63, 3.8) is 0 Å². The third-order valence-corrected chi connectivity index (χ3v) is 9.76. The van der Waals surface area contributed by atoms with E-state index in [2.05, 4.69) is 85.0 Å². The Morgan fingerprint density at radius 1 is 0.623 bits per heavy atom. The van der Waals surface area contributed by atoms with Gasteiger partial charge in [-0.3, -0.25) is 0 Å². The first kappa shape index (κ1) is 31.6. The molecule has 53 heavy (non-hydrogen) atoms. The third-order valence-electron chi connectivity index (χ3n) is 9.76. The van der Waals surface area contributed by atoms with Gasteiger partial charge in [-0.2, -0.15) is 10.5 Å². The van der Waals surface area contributed by atoms with E-state index >= 15 is 0 Å². The number of hydrogen-bond acceptors (Lipinski definition) is 6. The lowest BCUT2D eigenvalue weighted by Gasteiger charge is -2.14. The highest BCUT2D eigenvalue weighted by molar-refractivity contribution is 6.16. The second-order valence-corrected chi connectivity index (χ2v) is 13.0. The summed E-state index contributed by atoms with van der Waals surface area (Å²) in [4.78, 5) is 14.7. The monoisotopic (exact) mass is 679 g/mol. The number of nitrogens with zero attached hydrogens (tertiary/aromatic N) is 5. The van der Waals surface area contributed by atoms with Crippen LogP contribution in [0.3, 0.4) is 0 Å². The Morgan fingerprint density at radius 2 is 1.38 bits per heavy atom. The molecule has 6 heteroatoms. The van der Waals surface area contributed by atoms with Crippen molar-refractivity contribution in [3.05, 3.63) is 162 Å². The molecular formula is C47H29N5O. The summed E-state index contributed by atoms with van der Waals surface area (Å²) >= 11 is 0. The van der Waals surface area contributed by atoms with Crippen LogP contribution >= 0.6 is 0 Å². The summed E-state index contributed by atoms with van der Waals surface area (Å²) < 4.78 is 6.66. The highest BCUT2D eigenvalue weighted by atomic mass is 16.3. The van der Waals surface area contributed by atoms with Gasteiger partial charge in [0.2, 0.25) is 0 Å². The van der Waals surface area contributed by atoms with Crippen molar-refractivity contribution >= 4 is 33.1 Å². The van der Waals surface area contributed by atoms with E-state index in [1.807, 2.05) is 60.7 Å². The van der Waals surface area contributed by atoms with Gasteiger partial charge in [0.25, 0.3) is 0 Å². The number of benzene rings is 4. The van der Waals surface area contributed by atoms with Gasteiger partial charge in [0.15, 0.2) is 17.5 Å². The SMILES string of the molecule is N#CC1=CCCC=C1c1cc(-c2ccc#cc2C#N)cc2c1oc1cccc(-c3ccc(-c4nc(C5=CCCC=C5)nc(-c5ccccc5)n4)cc3)c12. The van der Waals surface area contributed by atoms with Gasteiger partial charge in [-0.1, -0.05) is 109 Å². The number of allylic oxidation sites excluding steroid dienone is 8. The van der Waals surface area contributed by atoms with Gasteiger partial charge in [0.1, 0.15) is 22.8 Å². The second-order valence-electron chi connectivity index (χ2n) is 13.0. The Hall–Kier alpha value is -7.33. The van der Waals surface area contributed by atoms with Gasteiger partial charge in [-0.05, 0) is 78.3 Å². The Kier molecular flexibility index (Phi) is 8.01. The highest BCUT2D eigenvalue weighted by Gasteiger charge is 2.22. The molecule has 2 aliphatic rings. The summed E-state index contributed by atoms with van der Waals surface area (Å²) in [7, 11) is 0. The number of rotatable bonds is 6. The van der Waals surface area contributed by atoms with Crippen molar-refractivity contribution in [3.8, 4) is 57.2 Å². The molecule has 0 bridgehead atoms. The highest BCUT2D eigenvalue weighted by Crippen LogP contribution is 2.44. The van der Waals surface area contributed by atoms with Gasteiger partial charge >= 0.3 is 0 Å². The van der Waals surface area contributed by atoms with Crippen LogP contribution in [0.2, 0.25) is 0 Å². The first-order valence-electron chi connectivity index (χ1n) is 17.6. The summed E-state index contributed by atoms with van der Waals surface area (Å²) in [5.74, 6) is 1.90. The van der Waals surface area contributed by atoms with Crippen molar-refractivity contribution in [1.82, 2.24) is 15.0 Å². The molecule has 6 nitrogen and oxygen atoms in total. The predicted octanol–water partition coefficient (Wildman–Crippen LogP) is 11.3. The van der Waals surface area contributed by atoms with Crippen LogP contribution in [-0.4, -0.2) is 15.0 Å². The lowest BCUT2D eigenvalue weighted by atomic mass is 9.88. The van der Waals surface area contributed by atoms with Crippen LogP contribution < -0.4 is 0 Å². The van der Waals surface area contributed by atoms with Crippen LogP contribution in [0.25, 0.3) is 78.1 Å². The first-order chi connectivity index (χ1) is 26.2. The van der Waals surface area contributed by atoms with Crippen LogP contribution in [0.5, 0.6) is 0 Å². The van der Waals surface area contributed by atoms with Crippen molar-refractivity contribution in [2.24, 2.45) is 0 Å². The standard InChI is InChI=1S/C47H29N5O/c48-28-34-16-7-9-18-37(34)36-26-40(38-19-10-8-17-35(38)29-49)44-41(27-36)43-39(20-11-21-42(43)53-44)30-22-24-33(25-23-30)47-51-45(31-12-3-1-4-13-31)50-46(52-47)32-14-5-2-6-15-32/h1,3-5,9,11-15,17-27H,2,6,8,10H2. The first-order valence-corrected chi connectivity index (χ1v) is 17.6. The molecule has 0 atom stereocenters. The molecule has 9 rings (SSSR count). The minimum Gasteiger partial charge on any atom is -0.455 e. The Balaban J connectivity index is 1.20. The zero-order chi connectivity index (χ0) is 35.7. The fourth-order valence-electron chi connectivity index (χ4n) is 7.21. The van der Waals surface area contributed by atoms with E-state index in [1.54, 1.807) is 6.07 Å². The largest absolute Gasteiger partial charge is 0.455 e. The summed E-state index contributed by atoms with van der Waals surface area (Å²) in [5.41, 5.74) is 10.5. The normalized spacial score (nSPS) is 13.8. The van der Waals surface area contributed by atoms with E-state index in [1.165, 1.54) is 0 Å². The van der Waals surface area contributed by atoms with Crippen molar-refractivity contribution in [2.45, 2.75) is 25.7 Å². The van der Waals surface area contributed by atoms with E-state index in [-0.39, 0.29) is 0 Å². The van der Waals surface area contributed by atoms with Gasteiger partial charge < -0.3 is 4.42 Å². The van der Waals surface area contributed by atoms with E-state index in [4.69, 9.17) is 19.4 Å². The van der Waals surface area contributed by atoms with Crippen LogP contribution in [0, 0.1) is 34.8 Å². The van der Waals surface area contributed by atoms with Gasteiger partial charge in [-0.25, -0.2) is 15.0 Å². The molecular weight excluding hydrogens is 651 g/mol. The Morgan fingerprint density at radius 3 is 2.15 bits per heavy atom. The van der Waals surface area contributed by atoms with E-state index in [9.17, 15) is 10.5 Å². The molecule has 5 aromatic carbocycles. The average molecular weight is 680 g/mol.